The number of rotatable bonds is 4. The van der Waals surface area contributed by atoms with Crippen molar-refractivity contribution in [3.05, 3.63) is 52.6 Å². The predicted octanol–water partition coefficient (Wildman–Crippen LogP) is 3.73. The Bertz CT molecular complexity index is 1090. The predicted molar refractivity (Wildman–Crippen MR) is 93.7 cm³/mol. The van der Waals surface area contributed by atoms with Crippen LogP contribution in [0.5, 0.6) is 0 Å². The molecule has 2 aromatic heterocycles. The lowest BCUT2D eigenvalue weighted by Gasteiger charge is -2.19. The van der Waals surface area contributed by atoms with Gasteiger partial charge < -0.3 is 9.67 Å². The van der Waals surface area contributed by atoms with Gasteiger partial charge in [0.05, 0.1) is 5.52 Å². The first-order valence-electron chi connectivity index (χ1n) is 7.69. The Morgan fingerprint density at radius 2 is 2.11 bits per heavy atom. The van der Waals surface area contributed by atoms with Crippen LogP contribution in [-0.2, 0) is 6.54 Å². The molecule has 0 saturated carbocycles. The summed E-state index contributed by atoms with van der Waals surface area (Å²) in [6.45, 7) is 1.34. The van der Waals surface area contributed by atoms with Crippen LogP contribution in [0, 0.1) is 29.9 Å². The molecule has 2 heterocycles. The summed E-state index contributed by atoms with van der Waals surface area (Å²) < 4.78 is 29.1. The monoisotopic (exact) mass is 391 g/mol. The molecule has 27 heavy (non-hydrogen) atoms. The molecule has 0 spiro atoms. The van der Waals surface area contributed by atoms with E-state index < -0.39 is 17.7 Å². The van der Waals surface area contributed by atoms with Gasteiger partial charge in [-0.3, -0.25) is 4.90 Å². The number of carboxylic acid groups (broad SMARTS) is 1. The molecule has 0 unspecified atom stereocenters. The number of hydrogen-bond donors (Lipinski definition) is 1. The summed E-state index contributed by atoms with van der Waals surface area (Å²) in [5.74, 6) is -1.96. The second-order valence-electron chi connectivity index (χ2n) is 5.66. The van der Waals surface area contributed by atoms with Crippen LogP contribution < -0.4 is 4.90 Å². The second kappa shape index (κ2) is 7.17. The van der Waals surface area contributed by atoms with Crippen LogP contribution in [0.15, 0.2) is 24.5 Å². The smallest absolute Gasteiger partial charge is 0.413 e. The Morgan fingerprint density at radius 1 is 1.37 bits per heavy atom. The third-order valence-electron chi connectivity index (χ3n) is 4.13. The highest BCUT2D eigenvalue weighted by Crippen LogP contribution is 2.27. The van der Waals surface area contributed by atoms with Crippen LogP contribution in [0.4, 0.5) is 19.4 Å². The van der Waals surface area contributed by atoms with Gasteiger partial charge in [-0.25, -0.2) is 23.5 Å². The number of nitriles is 1. The fraction of sp³-hybridized carbons (Fsp3) is 0.176. The molecule has 138 valence electrons. The minimum absolute atomic E-state index is 0.0187. The number of halogens is 3. The highest BCUT2D eigenvalue weighted by Gasteiger charge is 2.20. The maximum Gasteiger partial charge on any atom is 0.413 e. The molecule has 0 aliphatic heterocycles. The fourth-order valence-corrected chi connectivity index (χ4v) is 2.96. The average Bonchev–Trinajstić information content (AvgIpc) is 2.97. The van der Waals surface area contributed by atoms with E-state index >= 15 is 0 Å². The minimum Gasteiger partial charge on any atom is -0.465 e. The topological polar surface area (TPSA) is 95.0 Å². The summed E-state index contributed by atoms with van der Waals surface area (Å²) in [6, 6.07) is 5.68. The molecular weight excluding hydrogens is 380 g/mol. The molecule has 0 aliphatic rings. The number of aryl methyl sites for hydroxylation is 1. The lowest BCUT2D eigenvalue weighted by Crippen LogP contribution is -2.33. The first-order chi connectivity index (χ1) is 12.8. The number of amides is 1. The first-order valence-corrected chi connectivity index (χ1v) is 8.07. The molecule has 3 aromatic rings. The maximum atomic E-state index is 13.8. The number of fused-ring (bicyclic) bond motifs is 1. The standard InChI is InChI=1S/C17H12ClF2N5O2/c1-9-11-4-10(7-21)24(13(11)5-12(19)16(9)20)2-3-25(17(26)27)15-6-14(18)22-8-23-15/h4-6,8H,2-3H2,1H3,(H,26,27). The third kappa shape index (κ3) is 3.39. The van der Waals surface area contributed by atoms with Crippen molar-refractivity contribution in [2.24, 2.45) is 0 Å². The van der Waals surface area contributed by atoms with E-state index in [1.54, 1.807) is 0 Å². The Labute approximate surface area is 157 Å². The minimum atomic E-state index is -1.28. The molecule has 1 amide bonds. The fourth-order valence-electron chi connectivity index (χ4n) is 2.81. The molecule has 1 aromatic carbocycles. The molecule has 0 fully saturated rings. The van der Waals surface area contributed by atoms with E-state index in [0.717, 1.165) is 17.3 Å². The number of anilines is 1. The zero-order valence-corrected chi connectivity index (χ0v) is 14.7. The molecule has 1 N–H and O–H groups in total. The molecule has 0 aliphatic carbocycles. The van der Waals surface area contributed by atoms with Crippen molar-refractivity contribution < 1.29 is 18.7 Å². The van der Waals surface area contributed by atoms with Gasteiger partial charge in [0.1, 0.15) is 29.1 Å². The summed E-state index contributed by atoms with van der Waals surface area (Å²) in [7, 11) is 0. The normalized spacial score (nSPS) is 10.8. The van der Waals surface area contributed by atoms with Crippen LogP contribution in [0.3, 0.4) is 0 Å². The highest BCUT2D eigenvalue weighted by atomic mass is 35.5. The van der Waals surface area contributed by atoms with Crippen LogP contribution in [0.1, 0.15) is 11.3 Å². The summed E-state index contributed by atoms with van der Waals surface area (Å²) >= 11 is 5.77. The van der Waals surface area contributed by atoms with Crippen LogP contribution in [0.2, 0.25) is 5.15 Å². The Balaban J connectivity index is 2.01. The van der Waals surface area contributed by atoms with Gasteiger partial charge in [0, 0.05) is 30.6 Å². The van der Waals surface area contributed by atoms with Crippen molar-refractivity contribution >= 4 is 34.4 Å². The van der Waals surface area contributed by atoms with E-state index in [1.165, 1.54) is 23.6 Å². The van der Waals surface area contributed by atoms with Crippen molar-refractivity contribution in [1.82, 2.24) is 14.5 Å². The zero-order valence-electron chi connectivity index (χ0n) is 13.9. The van der Waals surface area contributed by atoms with E-state index in [2.05, 4.69) is 9.97 Å². The van der Waals surface area contributed by atoms with Gasteiger partial charge in [0.15, 0.2) is 11.6 Å². The molecular formula is C17H12ClF2N5O2. The first kappa shape index (κ1) is 18.5. The molecule has 3 rings (SSSR count). The van der Waals surface area contributed by atoms with Gasteiger partial charge in [-0.2, -0.15) is 5.26 Å². The Hall–Kier alpha value is -3.25. The molecule has 0 radical (unpaired) electrons. The molecule has 10 heteroatoms. The van der Waals surface area contributed by atoms with Crippen molar-refractivity contribution in [2.75, 3.05) is 11.4 Å². The summed E-state index contributed by atoms with van der Waals surface area (Å²) in [4.78, 5) is 20.1. The molecule has 7 nitrogen and oxygen atoms in total. The van der Waals surface area contributed by atoms with Crippen LogP contribution in [0.25, 0.3) is 10.9 Å². The van der Waals surface area contributed by atoms with E-state index in [4.69, 9.17) is 11.6 Å². The second-order valence-corrected chi connectivity index (χ2v) is 6.04. The van der Waals surface area contributed by atoms with Crippen molar-refractivity contribution in [3.8, 4) is 6.07 Å². The van der Waals surface area contributed by atoms with Crippen molar-refractivity contribution in [2.45, 2.75) is 13.5 Å². The van der Waals surface area contributed by atoms with E-state index in [9.17, 15) is 23.9 Å². The van der Waals surface area contributed by atoms with Gasteiger partial charge >= 0.3 is 6.09 Å². The third-order valence-corrected chi connectivity index (χ3v) is 4.34. The Morgan fingerprint density at radius 3 is 2.74 bits per heavy atom. The van der Waals surface area contributed by atoms with E-state index in [0.29, 0.717) is 10.9 Å². The van der Waals surface area contributed by atoms with Gasteiger partial charge in [-0.05, 0) is 18.6 Å². The number of hydrogen-bond acceptors (Lipinski definition) is 4. The number of benzene rings is 1. The Kier molecular flexibility index (Phi) is 4.92. The number of aromatic nitrogens is 3. The van der Waals surface area contributed by atoms with E-state index in [1.807, 2.05) is 6.07 Å². The van der Waals surface area contributed by atoms with Crippen LogP contribution >= 0.6 is 11.6 Å². The van der Waals surface area contributed by atoms with Gasteiger partial charge in [-0.15, -0.1) is 0 Å². The molecule has 0 atom stereocenters. The van der Waals surface area contributed by atoms with E-state index in [-0.39, 0.29) is 35.3 Å². The van der Waals surface area contributed by atoms with Crippen molar-refractivity contribution in [3.63, 3.8) is 0 Å². The van der Waals surface area contributed by atoms with Crippen LogP contribution in [-0.4, -0.2) is 32.3 Å². The van der Waals surface area contributed by atoms with Gasteiger partial charge in [-0.1, -0.05) is 11.6 Å². The maximum absolute atomic E-state index is 13.8. The lowest BCUT2D eigenvalue weighted by molar-refractivity contribution is 0.201. The van der Waals surface area contributed by atoms with Gasteiger partial charge in [0.2, 0.25) is 0 Å². The number of carbonyl (C=O) groups is 1. The lowest BCUT2D eigenvalue weighted by atomic mass is 10.1. The summed E-state index contributed by atoms with van der Waals surface area (Å²) in [5, 5.41) is 19.3. The zero-order chi connectivity index (χ0) is 19.7. The van der Waals surface area contributed by atoms with Crippen molar-refractivity contribution in [1.29, 1.82) is 5.26 Å². The largest absolute Gasteiger partial charge is 0.465 e. The quantitative estimate of drug-likeness (QED) is 0.684. The SMILES string of the molecule is Cc1c(F)c(F)cc2c1cc(C#N)n2CCN(C(=O)O)c1cc(Cl)ncn1. The summed E-state index contributed by atoms with van der Waals surface area (Å²) in [6.07, 6.45) is -0.158. The molecule has 0 saturated heterocycles. The highest BCUT2D eigenvalue weighted by molar-refractivity contribution is 6.29. The molecule has 0 bridgehead atoms. The average molecular weight is 392 g/mol. The summed E-state index contributed by atoms with van der Waals surface area (Å²) in [5.41, 5.74) is 0.538. The number of nitrogens with zero attached hydrogens (tertiary/aromatic N) is 5. The van der Waals surface area contributed by atoms with Gasteiger partial charge in [0.25, 0.3) is 0 Å².